The molecular weight excluding hydrogens is 317 g/mol. The second-order valence-electron chi connectivity index (χ2n) is 3.03. The van der Waals surface area contributed by atoms with Gasteiger partial charge in [0.1, 0.15) is 6.04 Å². The summed E-state index contributed by atoms with van der Waals surface area (Å²) in [7, 11) is 0. The third-order valence-electron chi connectivity index (χ3n) is 1.67. The molecule has 0 fully saturated rings. The maximum atomic E-state index is 11.0. The van der Waals surface area contributed by atoms with Crippen LogP contribution >= 0.6 is 0 Å². The van der Waals surface area contributed by atoms with E-state index in [4.69, 9.17) is 21.1 Å². The summed E-state index contributed by atoms with van der Waals surface area (Å²) in [6.45, 7) is 0. The molecule has 0 spiro atoms. The molecular formula is C8H12FeNNaO8. The molecule has 1 atom stereocenters. The summed E-state index contributed by atoms with van der Waals surface area (Å²) in [6, 6.07) is -1.30. The Balaban J connectivity index is -0.000000427. The van der Waals surface area contributed by atoms with E-state index < -0.39 is 42.4 Å². The number of nitrogens with two attached hydrogens (primary N) is 1. The molecule has 0 aromatic heterocycles. The Hall–Kier alpha value is -0.641. The molecule has 0 unspecified atom stereocenters. The summed E-state index contributed by atoms with van der Waals surface area (Å²) >= 11 is 0. The minimum Gasteiger partial charge on any atom is -1.00 e. The molecule has 0 aliphatic rings. The van der Waals surface area contributed by atoms with Gasteiger partial charge in [0.2, 0.25) is 0 Å². The first kappa shape index (κ1) is 23.5. The number of carboxylic acid groups (broad SMARTS) is 3. The van der Waals surface area contributed by atoms with Gasteiger partial charge >= 0.3 is 53.4 Å². The molecule has 0 amide bonds. The molecule has 0 aliphatic heterocycles. The van der Waals surface area contributed by atoms with Crippen LogP contribution in [0.2, 0.25) is 0 Å². The third kappa shape index (κ3) is 9.88. The fraction of sp³-hybridized carbons (Fsp3) is 0.500. The maximum absolute atomic E-state index is 11.0. The minimum absolute atomic E-state index is 0. The normalized spacial score (nSPS) is 10.6. The average Bonchev–Trinajstić information content (AvgIpc) is 2.21. The number of ether oxygens (including phenoxy) is 1. The maximum Gasteiger partial charge on any atom is 1.00 e. The predicted molar refractivity (Wildman–Crippen MR) is 51.1 cm³/mol. The van der Waals surface area contributed by atoms with Crippen LogP contribution in [0.5, 0.6) is 0 Å². The molecule has 0 aliphatic carbocycles. The standard InChI is InChI=1S/C8H11NO8.Fe.Na.H/c9-3(6(11)12)1-2-4(10)17-5(7(13)14)8(15)16;;;/h3,5H,1-2,9H2,(H,11,12)(H,13,14)(H,15,16);;;/q;;+1;-1/t3-;;;/m0.../s1. The number of carbonyl (C=O) groups is 4. The third-order valence-corrected chi connectivity index (χ3v) is 1.67. The summed E-state index contributed by atoms with van der Waals surface area (Å²) < 4.78 is 4.12. The number of esters is 1. The quantitative estimate of drug-likeness (QED) is 0.204. The Bertz CT molecular complexity index is 341. The fourth-order valence-electron chi connectivity index (χ4n) is 0.794. The van der Waals surface area contributed by atoms with Gasteiger partial charge in [-0.2, -0.15) is 0 Å². The Morgan fingerprint density at radius 3 is 1.79 bits per heavy atom. The number of carboxylic acids is 3. The molecule has 0 radical (unpaired) electrons. The molecule has 5 N–H and O–H groups in total. The number of hydrogen-bond donors (Lipinski definition) is 4. The first-order valence-corrected chi connectivity index (χ1v) is 4.39. The van der Waals surface area contributed by atoms with Gasteiger partial charge in [-0.05, 0) is 6.42 Å². The van der Waals surface area contributed by atoms with Gasteiger partial charge in [-0.25, -0.2) is 9.59 Å². The van der Waals surface area contributed by atoms with E-state index in [1.165, 1.54) is 0 Å². The number of aliphatic carboxylic acids is 3. The van der Waals surface area contributed by atoms with Crippen LogP contribution in [-0.4, -0.2) is 51.3 Å². The van der Waals surface area contributed by atoms with E-state index in [0.29, 0.717) is 0 Å². The number of rotatable bonds is 7. The summed E-state index contributed by atoms with van der Waals surface area (Å²) in [4.78, 5) is 42.0. The summed E-state index contributed by atoms with van der Waals surface area (Å²) in [6.07, 6.45) is -3.06. The fourth-order valence-corrected chi connectivity index (χ4v) is 0.794. The second kappa shape index (κ2) is 11.2. The van der Waals surface area contributed by atoms with Crippen molar-refractivity contribution in [2.75, 3.05) is 0 Å². The molecule has 0 aromatic carbocycles. The first-order chi connectivity index (χ1) is 7.75. The summed E-state index contributed by atoms with van der Waals surface area (Å²) in [5, 5.41) is 25.2. The van der Waals surface area contributed by atoms with Crippen LogP contribution in [0.25, 0.3) is 0 Å². The molecule has 0 saturated heterocycles. The van der Waals surface area contributed by atoms with Gasteiger partial charge in [-0.1, -0.05) is 0 Å². The molecule has 11 heteroatoms. The van der Waals surface area contributed by atoms with E-state index in [0.717, 1.165) is 0 Å². The van der Waals surface area contributed by atoms with E-state index in [2.05, 4.69) is 4.74 Å². The van der Waals surface area contributed by atoms with Crippen molar-refractivity contribution in [1.29, 1.82) is 0 Å². The first-order valence-electron chi connectivity index (χ1n) is 4.39. The summed E-state index contributed by atoms with van der Waals surface area (Å²) in [5.74, 6) is -6.12. The van der Waals surface area contributed by atoms with Crippen LogP contribution < -0.4 is 35.3 Å². The molecule has 0 heterocycles. The Morgan fingerprint density at radius 1 is 1.05 bits per heavy atom. The van der Waals surface area contributed by atoms with Crippen molar-refractivity contribution in [2.45, 2.75) is 25.0 Å². The van der Waals surface area contributed by atoms with Crippen LogP contribution in [-0.2, 0) is 41.0 Å². The van der Waals surface area contributed by atoms with Crippen LogP contribution in [0.4, 0.5) is 0 Å². The van der Waals surface area contributed by atoms with Gasteiger partial charge in [0, 0.05) is 23.5 Å². The number of hydrogen-bond acceptors (Lipinski definition) is 6. The Labute approximate surface area is 141 Å². The van der Waals surface area contributed by atoms with Crippen molar-refractivity contribution < 1.29 is 87.3 Å². The van der Waals surface area contributed by atoms with Gasteiger partial charge in [0.25, 0.3) is 6.10 Å². The summed E-state index contributed by atoms with van der Waals surface area (Å²) in [5.41, 5.74) is 5.08. The monoisotopic (exact) mass is 329 g/mol. The van der Waals surface area contributed by atoms with Crippen molar-refractivity contribution in [3.63, 3.8) is 0 Å². The molecule has 0 rings (SSSR count). The Kier molecular flexibility index (Phi) is 13.8. The minimum atomic E-state index is -2.30. The Morgan fingerprint density at radius 2 is 1.47 bits per heavy atom. The van der Waals surface area contributed by atoms with Crippen LogP contribution in [0, 0.1) is 0 Å². The van der Waals surface area contributed by atoms with Crippen molar-refractivity contribution in [2.24, 2.45) is 5.73 Å². The van der Waals surface area contributed by atoms with E-state index in [-0.39, 0.29) is 54.5 Å². The molecule has 9 nitrogen and oxygen atoms in total. The zero-order chi connectivity index (χ0) is 13.6. The van der Waals surface area contributed by atoms with Crippen LogP contribution in [0.15, 0.2) is 0 Å². The topological polar surface area (TPSA) is 164 Å². The van der Waals surface area contributed by atoms with Crippen LogP contribution in [0.1, 0.15) is 14.3 Å². The zero-order valence-electron chi connectivity index (χ0n) is 10.9. The van der Waals surface area contributed by atoms with E-state index in [1.54, 1.807) is 0 Å². The van der Waals surface area contributed by atoms with E-state index in [1.807, 2.05) is 0 Å². The van der Waals surface area contributed by atoms with Crippen LogP contribution in [0.3, 0.4) is 0 Å². The smallest absolute Gasteiger partial charge is 1.00 e. The second-order valence-corrected chi connectivity index (χ2v) is 3.03. The predicted octanol–water partition coefficient (Wildman–Crippen LogP) is -4.63. The molecule has 19 heavy (non-hydrogen) atoms. The van der Waals surface area contributed by atoms with Gasteiger partial charge < -0.3 is 27.2 Å². The number of carbonyl (C=O) groups excluding carboxylic acids is 1. The van der Waals surface area contributed by atoms with Gasteiger partial charge in [-0.3, -0.25) is 9.59 Å². The molecule has 0 bridgehead atoms. The van der Waals surface area contributed by atoms with Gasteiger partial charge in [0.05, 0.1) is 0 Å². The van der Waals surface area contributed by atoms with E-state index >= 15 is 0 Å². The van der Waals surface area contributed by atoms with Crippen molar-refractivity contribution >= 4 is 23.9 Å². The van der Waals surface area contributed by atoms with Crippen molar-refractivity contribution in [1.82, 2.24) is 0 Å². The SMILES string of the molecule is N[C@@H](CCC(=O)OC(C(=O)O)C(=O)O)C(=O)O.[Fe].[H-].[Na+]. The molecule has 106 valence electrons. The molecule has 0 saturated carbocycles. The average molecular weight is 329 g/mol. The van der Waals surface area contributed by atoms with E-state index in [9.17, 15) is 19.2 Å². The molecule has 0 aromatic rings. The van der Waals surface area contributed by atoms with Gasteiger partial charge in [-0.15, -0.1) is 0 Å². The largest absolute Gasteiger partial charge is 1.00 e. The zero-order valence-corrected chi connectivity index (χ0v) is 13.0. The van der Waals surface area contributed by atoms with Crippen molar-refractivity contribution in [3.05, 3.63) is 0 Å². The van der Waals surface area contributed by atoms with Gasteiger partial charge in [0.15, 0.2) is 0 Å². The van der Waals surface area contributed by atoms with Crippen molar-refractivity contribution in [3.8, 4) is 0 Å².